The molecule has 5 rings (SSSR count). The second-order valence-corrected chi connectivity index (χ2v) is 6.20. The number of rotatable bonds is 0. The molecule has 0 saturated carbocycles. The van der Waals surface area contributed by atoms with Crippen molar-refractivity contribution in [2.75, 3.05) is 0 Å². The second kappa shape index (κ2) is 4.53. The number of carbonyl (C=O) groups is 1. The average molecular weight is 294 g/mol. The molecule has 3 aromatic rings. The van der Waals surface area contributed by atoms with Gasteiger partial charge >= 0.3 is 0 Å². The van der Waals surface area contributed by atoms with Crippen molar-refractivity contribution in [3.63, 3.8) is 0 Å². The van der Waals surface area contributed by atoms with Gasteiger partial charge in [0.1, 0.15) is 0 Å². The Balaban J connectivity index is 1.86. The normalized spacial score (nSPS) is 14.5. The second-order valence-electron chi connectivity index (χ2n) is 6.20. The lowest BCUT2D eigenvalue weighted by Gasteiger charge is -2.15. The Hall–Kier alpha value is -2.93. The molecule has 2 aliphatic rings. The number of allylic oxidation sites excluding steroid dienone is 2. The number of ketones is 1. The average Bonchev–Trinajstić information content (AvgIpc) is 2.59. The highest BCUT2D eigenvalue weighted by atomic mass is 16.1. The van der Waals surface area contributed by atoms with Crippen LogP contribution in [0.15, 0.2) is 60.7 Å². The third-order valence-corrected chi connectivity index (χ3v) is 4.78. The Morgan fingerprint density at radius 2 is 1.65 bits per heavy atom. The van der Waals surface area contributed by atoms with Crippen molar-refractivity contribution in [1.82, 2.24) is 0 Å². The Morgan fingerprint density at radius 3 is 2.52 bits per heavy atom. The molecule has 108 valence electrons. The molecule has 3 aromatic carbocycles. The zero-order valence-corrected chi connectivity index (χ0v) is 12.5. The minimum Gasteiger partial charge on any atom is -0.289 e. The molecule has 0 bridgehead atoms. The highest BCUT2D eigenvalue weighted by Gasteiger charge is 2.20. The fourth-order valence-electron chi connectivity index (χ4n) is 3.58. The van der Waals surface area contributed by atoms with Gasteiger partial charge in [0.2, 0.25) is 0 Å². The van der Waals surface area contributed by atoms with E-state index in [-0.39, 0.29) is 5.78 Å². The summed E-state index contributed by atoms with van der Waals surface area (Å²) in [5.41, 5.74) is 3.94. The van der Waals surface area contributed by atoms with Crippen LogP contribution in [0.3, 0.4) is 0 Å². The number of benzene rings is 3. The van der Waals surface area contributed by atoms with E-state index < -0.39 is 0 Å². The summed E-state index contributed by atoms with van der Waals surface area (Å²) in [6.07, 6.45) is 9.39. The maximum atomic E-state index is 13.0. The van der Waals surface area contributed by atoms with Crippen molar-refractivity contribution in [2.45, 2.75) is 6.42 Å². The van der Waals surface area contributed by atoms with Crippen molar-refractivity contribution in [2.24, 2.45) is 0 Å². The van der Waals surface area contributed by atoms with Gasteiger partial charge < -0.3 is 0 Å². The van der Waals surface area contributed by atoms with Crippen LogP contribution in [0.4, 0.5) is 0 Å². The Morgan fingerprint density at radius 1 is 0.826 bits per heavy atom. The molecule has 0 heterocycles. The van der Waals surface area contributed by atoms with Crippen LogP contribution in [0, 0.1) is 0 Å². The number of hydrogen-bond acceptors (Lipinski definition) is 1. The summed E-state index contributed by atoms with van der Waals surface area (Å²) in [6, 6.07) is 16.6. The van der Waals surface area contributed by atoms with E-state index in [0.29, 0.717) is 0 Å². The summed E-state index contributed by atoms with van der Waals surface area (Å²) in [5, 5.41) is 4.49. The summed E-state index contributed by atoms with van der Waals surface area (Å²) in [7, 11) is 0. The first-order valence-electron chi connectivity index (χ1n) is 7.89. The monoisotopic (exact) mass is 294 g/mol. The molecule has 1 heteroatoms. The molecule has 0 aromatic heterocycles. The molecule has 0 spiro atoms. The lowest BCUT2D eigenvalue weighted by molar-refractivity contribution is 0.103. The molecule has 2 aliphatic carbocycles. The highest BCUT2D eigenvalue weighted by molar-refractivity contribution is 6.15. The van der Waals surface area contributed by atoms with Gasteiger partial charge in [0.05, 0.1) is 0 Å². The molecule has 0 unspecified atom stereocenters. The van der Waals surface area contributed by atoms with E-state index in [1.807, 2.05) is 24.3 Å². The molecular formula is C22H14O. The summed E-state index contributed by atoms with van der Waals surface area (Å²) < 4.78 is 0. The van der Waals surface area contributed by atoms with Crippen LogP contribution in [0.1, 0.15) is 27.0 Å². The van der Waals surface area contributed by atoms with Gasteiger partial charge in [0, 0.05) is 11.1 Å². The van der Waals surface area contributed by atoms with Crippen LogP contribution in [-0.4, -0.2) is 5.78 Å². The molecule has 23 heavy (non-hydrogen) atoms. The molecule has 0 atom stereocenters. The molecular weight excluding hydrogens is 280 g/mol. The lowest BCUT2D eigenvalue weighted by atomic mass is 9.87. The van der Waals surface area contributed by atoms with Gasteiger partial charge in [-0.1, -0.05) is 48.6 Å². The number of carbonyl (C=O) groups excluding carboxylic acids is 1. The van der Waals surface area contributed by atoms with Crippen molar-refractivity contribution in [3.05, 3.63) is 93.4 Å². The first-order valence-corrected chi connectivity index (χ1v) is 7.89. The molecule has 0 aliphatic heterocycles. The predicted octanol–water partition coefficient (Wildman–Crippen LogP) is 3.11. The fourth-order valence-corrected chi connectivity index (χ4v) is 3.58. The van der Waals surface area contributed by atoms with Gasteiger partial charge in [-0.15, -0.1) is 0 Å². The van der Waals surface area contributed by atoms with Crippen LogP contribution >= 0.6 is 0 Å². The maximum absolute atomic E-state index is 13.0. The first kappa shape index (κ1) is 12.6. The minimum absolute atomic E-state index is 0.133. The van der Waals surface area contributed by atoms with E-state index in [1.54, 1.807) is 0 Å². The Labute approximate surface area is 133 Å². The third kappa shape index (κ3) is 1.83. The van der Waals surface area contributed by atoms with Gasteiger partial charge in [-0.25, -0.2) is 0 Å². The zero-order chi connectivity index (χ0) is 15.4. The zero-order valence-electron chi connectivity index (χ0n) is 12.5. The SMILES string of the molecule is O=C1c2cc3ccccc3cc2C=c2cc3c(cc21)=CC=CC3. The van der Waals surface area contributed by atoms with E-state index in [0.717, 1.165) is 38.9 Å². The lowest BCUT2D eigenvalue weighted by Crippen LogP contribution is -2.27. The van der Waals surface area contributed by atoms with Crippen LogP contribution < -0.4 is 10.4 Å². The van der Waals surface area contributed by atoms with Gasteiger partial charge in [-0.2, -0.15) is 0 Å². The first-order chi connectivity index (χ1) is 11.3. The van der Waals surface area contributed by atoms with Gasteiger partial charge in [-0.05, 0) is 63.0 Å². The van der Waals surface area contributed by atoms with Crippen molar-refractivity contribution in [3.8, 4) is 0 Å². The molecule has 0 amide bonds. The highest BCUT2D eigenvalue weighted by Crippen LogP contribution is 2.24. The standard InChI is InChI=1S/C22H14O/c23-22-20-12-16-7-3-1-5-14(16)9-18(20)11-19-10-15-6-2-4-8-17(15)13-21(19)22/h1-5,7-13H,6H2. The van der Waals surface area contributed by atoms with Crippen molar-refractivity contribution >= 4 is 28.7 Å². The summed E-state index contributed by atoms with van der Waals surface area (Å²) in [4.78, 5) is 13.0. The van der Waals surface area contributed by atoms with Gasteiger partial charge in [0.25, 0.3) is 0 Å². The summed E-state index contributed by atoms with van der Waals surface area (Å²) in [6.45, 7) is 0. The number of fused-ring (bicyclic) bond motifs is 4. The smallest absolute Gasteiger partial charge is 0.194 e. The van der Waals surface area contributed by atoms with Crippen molar-refractivity contribution < 1.29 is 4.79 Å². The van der Waals surface area contributed by atoms with E-state index in [4.69, 9.17) is 0 Å². The molecule has 1 nitrogen and oxygen atoms in total. The summed E-state index contributed by atoms with van der Waals surface area (Å²) >= 11 is 0. The Kier molecular flexibility index (Phi) is 2.48. The fraction of sp³-hybridized carbons (Fsp3) is 0.0455. The van der Waals surface area contributed by atoms with Crippen molar-refractivity contribution in [1.29, 1.82) is 0 Å². The van der Waals surface area contributed by atoms with Crippen LogP contribution in [0.5, 0.6) is 0 Å². The number of hydrogen-bond donors (Lipinski definition) is 0. The minimum atomic E-state index is 0.133. The summed E-state index contributed by atoms with van der Waals surface area (Å²) in [5.74, 6) is 0.133. The van der Waals surface area contributed by atoms with Crippen LogP contribution in [-0.2, 0) is 6.42 Å². The van der Waals surface area contributed by atoms with E-state index in [9.17, 15) is 4.79 Å². The van der Waals surface area contributed by atoms with E-state index >= 15 is 0 Å². The third-order valence-electron chi connectivity index (χ3n) is 4.78. The quantitative estimate of drug-likeness (QED) is 0.487. The van der Waals surface area contributed by atoms with Gasteiger partial charge in [-0.3, -0.25) is 4.79 Å². The molecule has 0 fully saturated rings. The molecule has 0 radical (unpaired) electrons. The van der Waals surface area contributed by atoms with Crippen LogP contribution in [0.2, 0.25) is 0 Å². The van der Waals surface area contributed by atoms with Crippen LogP contribution in [0.25, 0.3) is 22.9 Å². The Bertz CT molecular complexity index is 1150. The van der Waals surface area contributed by atoms with E-state index in [1.165, 1.54) is 10.9 Å². The van der Waals surface area contributed by atoms with Gasteiger partial charge in [0.15, 0.2) is 5.78 Å². The van der Waals surface area contributed by atoms with E-state index in [2.05, 4.69) is 48.6 Å². The largest absolute Gasteiger partial charge is 0.289 e. The predicted molar refractivity (Wildman–Crippen MR) is 93.9 cm³/mol. The maximum Gasteiger partial charge on any atom is 0.194 e. The topological polar surface area (TPSA) is 17.1 Å². The molecule has 0 saturated heterocycles. The molecule has 0 N–H and O–H groups in total.